The molecule has 66 heavy (non-hydrogen) atoms. The summed E-state index contributed by atoms with van der Waals surface area (Å²) in [4.78, 5) is 98.9. The second-order valence-electron chi connectivity index (χ2n) is 13.5. The first kappa shape index (κ1) is 53.4. The molecule has 0 spiro atoms. The van der Waals surface area contributed by atoms with E-state index >= 15 is 0 Å². The van der Waals surface area contributed by atoms with Crippen molar-refractivity contribution in [3.8, 4) is 0 Å². The number of carboxylic acid groups (broad SMARTS) is 1. The van der Waals surface area contributed by atoms with Crippen LogP contribution in [0.4, 0.5) is 22.7 Å². The van der Waals surface area contributed by atoms with E-state index < -0.39 is 32.5 Å². The van der Waals surface area contributed by atoms with Crippen molar-refractivity contribution in [1.82, 2.24) is 0 Å². The van der Waals surface area contributed by atoms with Gasteiger partial charge in [0, 0.05) is 98.2 Å². The van der Waals surface area contributed by atoms with Gasteiger partial charge >= 0.3 is 43.6 Å². The molecule has 0 amide bonds. The van der Waals surface area contributed by atoms with Crippen LogP contribution in [0.5, 0.6) is 0 Å². The van der Waals surface area contributed by atoms with Gasteiger partial charge in [-0.25, -0.2) is 0 Å². The van der Waals surface area contributed by atoms with Crippen molar-refractivity contribution < 1.29 is 54.0 Å². The van der Waals surface area contributed by atoms with Gasteiger partial charge in [0.25, 0.3) is 22.4 Å². The number of nitrogens with two attached hydrogens (primary N) is 2. The van der Waals surface area contributed by atoms with E-state index in [0.29, 0.717) is 33.6 Å². The van der Waals surface area contributed by atoms with E-state index in [2.05, 4.69) is 0 Å². The quantitative estimate of drug-likeness (QED) is 0.0686. The van der Waals surface area contributed by atoms with E-state index in [9.17, 15) is 44.2 Å². The number of benzene rings is 6. The number of anilines is 2. The van der Waals surface area contributed by atoms with Crippen molar-refractivity contribution in [3.63, 3.8) is 0 Å². The fourth-order valence-corrected chi connectivity index (χ4v) is 6.68. The van der Waals surface area contributed by atoms with Gasteiger partial charge < -0.3 is 21.8 Å². The number of carbonyl (C=O) groups is 6. The Kier molecular flexibility index (Phi) is 19.3. The maximum absolute atomic E-state index is 12.4. The molecule has 6 N–H and O–H groups in total. The number of ketones is 5. The summed E-state index contributed by atoms with van der Waals surface area (Å²) >= 11 is 2.89. The van der Waals surface area contributed by atoms with Crippen molar-refractivity contribution in [2.45, 2.75) is 13.3 Å². The summed E-state index contributed by atoms with van der Waals surface area (Å²) < 4.78 is 0. The number of nitrogen functional groups attached to an aromatic ring is 2. The summed E-state index contributed by atoms with van der Waals surface area (Å²) in [5, 5.41) is 42.6. The topological polar surface area (TPSA) is 324 Å². The monoisotopic (exact) mass is 933 g/mol. The second kappa shape index (κ2) is 23.9. The third-order valence-corrected chi connectivity index (χ3v) is 9.38. The molecule has 326 valence electrons. The number of non-ortho nitro benzene ring substituents is 2. The Morgan fingerprint density at radius 3 is 1.08 bits per heavy atom. The first-order valence-corrected chi connectivity index (χ1v) is 27.1. The zero-order chi connectivity index (χ0) is 48.3. The molecule has 0 bridgehead atoms. The Hall–Kier alpha value is -6.91. The van der Waals surface area contributed by atoms with Crippen LogP contribution in [0.15, 0.2) is 121 Å². The predicted octanol–water partition coefficient (Wildman–Crippen LogP) is 5.82. The molecule has 0 radical (unpaired) electrons. The molecule has 0 aromatic heterocycles. The molecule has 6 aromatic carbocycles. The molecule has 3 aliphatic rings. The number of nitro benzene ring substituents is 2. The number of rotatable bonds is 2. The minimum absolute atomic E-state index is 0. The van der Waals surface area contributed by atoms with Crippen LogP contribution in [0.1, 0.15) is 97.7 Å². The van der Waals surface area contributed by atoms with Crippen molar-refractivity contribution in [3.05, 3.63) is 218 Å². The number of carbonyl (C=O) groups excluding carboxylic acids is 5. The van der Waals surface area contributed by atoms with Crippen molar-refractivity contribution >= 4 is 115 Å². The molecule has 22 heteroatoms. The molecule has 0 saturated heterocycles. The van der Waals surface area contributed by atoms with Crippen molar-refractivity contribution in [2.75, 3.05) is 11.5 Å². The standard InChI is InChI=1S/C14H6N2O6.C14H10N2O2.C14H10O.C2H4O2.HNO3.2Na.H2S/c17-13-9-3-1-7(15(19)20)5-11(9)14(18)12-6-8(16(21)22)2-4-10(12)13;15-7-1-3-9-11(5-7)14(18)12-6-8(16)2-4-10(12)13(9)17;15-14-12-7-3-1-5-10(12)9-11-6-2-4-8-13(11)14;1-2(3)4;2-1(3)4;;;/h1-6H;1-6H,15-16H2;1-8H,9H2;1H3,(H,3,4);(H,2,3,4);;;1H2. The Labute approximate surface area is 408 Å². The SMILES string of the molecule is CC(=O)O.Nc1ccc2c(c1)C(=O)c1cc(N)ccc1C2=O.O=C1c2ccc([N+](=O)[O-])cc2C(=O)c2cc([N+](=O)[O-])ccc21.O=C1c2ccccc2Cc2ccccc21.O=[N+]([O-])O.S.[Na][Na]. The molecule has 0 aliphatic heterocycles. The van der Waals surface area contributed by atoms with E-state index in [1.807, 2.05) is 48.5 Å². The summed E-state index contributed by atoms with van der Waals surface area (Å²) in [6.07, 6.45) is 0.873. The normalized spacial score (nSPS) is 11.6. The number of hydrogen-bond acceptors (Lipinski definition) is 14. The van der Waals surface area contributed by atoms with Gasteiger partial charge in [-0.3, -0.25) is 49.0 Å². The summed E-state index contributed by atoms with van der Waals surface area (Å²) in [5.41, 5.74) is 16.9. The third-order valence-electron chi connectivity index (χ3n) is 9.38. The van der Waals surface area contributed by atoms with E-state index in [1.54, 1.807) is 24.3 Å². The second-order valence-corrected chi connectivity index (χ2v) is 13.5. The van der Waals surface area contributed by atoms with E-state index in [4.69, 9.17) is 36.7 Å². The Morgan fingerprint density at radius 2 is 0.758 bits per heavy atom. The van der Waals surface area contributed by atoms with Gasteiger partial charge in [0.1, 0.15) is 0 Å². The number of fused-ring (bicyclic) bond motifs is 6. The van der Waals surface area contributed by atoms with Crippen molar-refractivity contribution in [2.24, 2.45) is 0 Å². The average Bonchev–Trinajstić information content (AvgIpc) is 3.28. The first-order chi connectivity index (χ1) is 30.8. The zero-order valence-corrected chi connectivity index (χ0v) is 40.0. The van der Waals surface area contributed by atoms with Crippen LogP contribution in [0, 0.1) is 30.3 Å². The Bertz CT molecular complexity index is 2770. The van der Waals surface area contributed by atoms with Gasteiger partial charge in [0.05, 0.1) is 9.85 Å². The Morgan fingerprint density at radius 1 is 0.500 bits per heavy atom. The molecule has 6 aromatic rings. The van der Waals surface area contributed by atoms with Gasteiger partial charge in [-0.2, -0.15) is 13.5 Å². The Balaban J connectivity index is 0.000000239. The fraction of sp³-hybridized carbons (Fsp3) is 0.0455. The van der Waals surface area contributed by atoms with E-state index in [-0.39, 0.29) is 64.5 Å². The molecule has 0 fully saturated rings. The first-order valence-electron chi connectivity index (χ1n) is 19.1. The molecule has 0 unspecified atom stereocenters. The van der Waals surface area contributed by atoms with Crippen LogP contribution in [0.2, 0.25) is 0 Å². The number of nitrogens with zero attached hydrogens (tertiary/aromatic N) is 3. The maximum atomic E-state index is 12.4. The molecule has 3 aliphatic carbocycles. The van der Waals surface area contributed by atoms with Crippen molar-refractivity contribution in [1.29, 1.82) is 0 Å². The molecule has 9 rings (SSSR count). The van der Waals surface area contributed by atoms with Crippen LogP contribution in [-0.4, -0.2) is 104 Å². The van der Waals surface area contributed by atoms with Crippen LogP contribution < -0.4 is 11.5 Å². The summed E-state index contributed by atoms with van der Waals surface area (Å²) in [7, 11) is 0. The third kappa shape index (κ3) is 12.7. The molecule has 19 nitrogen and oxygen atoms in total. The van der Waals surface area contributed by atoms with Crippen LogP contribution in [0.3, 0.4) is 0 Å². The summed E-state index contributed by atoms with van der Waals surface area (Å²) in [5.74, 6) is -2.18. The predicted molar refractivity (Wildman–Crippen MR) is 245 cm³/mol. The number of aliphatic carboxylic acids is 1. The molecular formula is C44H33N5Na2O14S. The van der Waals surface area contributed by atoms with Crippen LogP contribution >= 0.6 is 13.5 Å². The molecule has 0 saturated carbocycles. The molecule has 0 atom stereocenters. The van der Waals surface area contributed by atoms with E-state index in [0.717, 1.165) is 59.9 Å². The summed E-state index contributed by atoms with van der Waals surface area (Å²) in [6.45, 7) is 1.08. The van der Waals surface area contributed by atoms with E-state index in [1.165, 1.54) is 67.9 Å². The van der Waals surface area contributed by atoms with Crippen LogP contribution in [0.25, 0.3) is 0 Å². The van der Waals surface area contributed by atoms with Gasteiger partial charge in [-0.15, -0.1) is 10.1 Å². The fourth-order valence-electron chi connectivity index (χ4n) is 6.68. The minimum atomic E-state index is -1.50. The number of carboxylic acids is 1. The van der Waals surface area contributed by atoms with Crippen LogP contribution in [-0.2, 0) is 11.2 Å². The van der Waals surface area contributed by atoms with Gasteiger partial charge in [0.15, 0.2) is 28.9 Å². The number of hydrogen-bond donors (Lipinski definition) is 4. The van der Waals surface area contributed by atoms with Gasteiger partial charge in [-0.1, -0.05) is 48.5 Å². The van der Waals surface area contributed by atoms with Gasteiger partial charge in [-0.05, 0) is 66.1 Å². The summed E-state index contributed by atoms with van der Waals surface area (Å²) in [6, 6.07) is 31.9. The number of nitro groups is 2. The molecular weight excluding hydrogens is 901 g/mol. The van der Waals surface area contributed by atoms with Gasteiger partial charge in [0.2, 0.25) is 0 Å². The molecule has 0 heterocycles. The zero-order valence-electron chi connectivity index (χ0n) is 35.0. The average molecular weight is 934 g/mol.